The number of esters is 1. The molecule has 0 spiro atoms. The fourth-order valence-corrected chi connectivity index (χ4v) is 3.13. The van der Waals surface area contributed by atoms with Crippen LogP contribution >= 0.6 is 0 Å². The summed E-state index contributed by atoms with van der Waals surface area (Å²) in [5.41, 5.74) is 0.832. The van der Waals surface area contributed by atoms with Gasteiger partial charge in [0.05, 0.1) is 31.5 Å². The third-order valence-electron chi connectivity index (χ3n) is 4.59. The van der Waals surface area contributed by atoms with Crippen LogP contribution in [0.1, 0.15) is 30.3 Å². The van der Waals surface area contributed by atoms with Crippen molar-refractivity contribution in [3.8, 4) is 11.4 Å². The standard InChI is InChI=1S/C19H22FN3O4/c1-3-27-16-12-23(15-6-4-14(20)5-7-15)21-17(16)18(24)22-10-8-13(9-11-22)19(25)26-2/h4-7,12-13H,3,8-11H2,1-2H3. The molecular weight excluding hydrogens is 353 g/mol. The van der Waals surface area contributed by atoms with E-state index in [2.05, 4.69) is 5.10 Å². The summed E-state index contributed by atoms with van der Waals surface area (Å²) in [7, 11) is 1.37. The van der Waals surface area contributed by atoms with Crippen LogP contribution in [-0.2, 0) is 9.53 Å². The molecule has 0 aliphatic carbocycles. The summed E-state index contributed by atoms with van der Waals surface area (Å²) in [5, 5.41) is 4.36. The van der Waals surface area contributed by atoms with Gasteiger partial charge >= 0.3 is 5.97 Å². The number of rotatable bonds is 5. The molecule has 3 rings (SSSR count). The molecule has 1 aliphatic rings. The summed E-state index contributed by atoms with van der Waals surface area (Å²) in [6, 6.07) is 5.81. The van der Waals surface area contributed by atoms with Crippen molar-refractivity contribution in [2.75, 3.05) is 26.8 Å². The second-order valence-corrected chi connectivity index (χ2v) is 6.29. The average Bonchev–Trinajstić information content (AvgIpc) is 3.11. The molecule has 0 atom stereocenters. The van der Waals surface area contributed by atoms with E-state index in [9.17, 15) is 14.0 Å². The highest BCUT2D eigenvalue weighted by Crippen LogP contribution is 2.25. The van der Waals surface area contributed by atoms with Crippen molar-refractivity contribution < 1.29 is 23.5 Å². The summed E-state index contributed by atoms with van der Waals surface area (Å²) in [4.78, 5) is 26.2. The maximum absolute atomic E-state index is 13.1. The molecule has 2 heterocycles. The highest BCUT2D eigenvalue weighted by atomic mass is 19.1. The Kier molecular flexibility index (Phi) is 5.73. The Labute approximate surface area is 156 Å². The third kappa shape index (κ3) is 4.10. The molecule has 0 bridgehead atoms. The Balaban J connectivity index is 1.79. The van der Waals surface area contributed by atoms with E-state index < -0.39 is 0 Å². The maximum Gasteiger partial charge on any atom is 0.308 e. The first-order valence-electron chi connectivity index (χ1n) is 8.89. The van der Waals surface area contributed by atoms with E-state index in [4.69, 9.17) is 9.47 Å². The molecule has 1 amide bonds. The predicted molar refractivity (Wildman–Crippen MR) is 95.3 cm³/mol. The molecule has 8 heteroatoms. The second-order valence-electron chi connectivity index (χ2n) is 6.29. The zero-order valence-corrected chi connectivity index (χ0v) is 15.4. The highest BCUT2D eigenvalue weighted by molar-refractivity contribution is 5.95. The topological polar surface area (TPSA) is 73.7 Å². The van der Waals surface area contributed by atoms with Crippen LogP contribution in [0.25, 0.3) is 5.69 Å². The summed E-state index contributed by atoms with van der Waals surface area (Å²) in [6.07, 6.45) is 2.73. The fraction of sp³-hybridized carbons (Fsp3) is 0.421. The number of carbonyl (C=O) groups excluding carboxylic acids is 2. The van der Waals surface area contributed by atoms with Crippen molar-refractivity contribution in [2.24, 2.45) is 5.92 Å². The van der Waals surface area contributed by atoms with E-state index in [1.54, 1.807) is 23.2 Å². The molecule has 0 saturated carbocycles. The number of halogens is 1. The van der Waals surface area contributed by atoms with Crippen LogP contribution in [0.15, 0.2) is 30.5 Å². The van der Waals surface area contributed by atoms with Crippen molar-refractivity contribution in [3.05, 3.63) is 42.0 Å². The molecule has 1 aromatic heterocycles. The molecule has 0 unspecified atom stereocenters. The van der Waals surface area contributed by atoms with E-state index in [-0.39, 0.29) is 29.3 Å². The van der Waals surface area contributed by atoms with Gasteiger partial charge in [0.15, 0.2) is 11.4 Å². The first-order chi connectivity index (χ1) is 13.0. The van der Waals surface area contributed by atoms with Gasteiger partial charge in [0.25, 0.3) is 5.91 Å². The predicted octanol–water partition coefficient (Wildman–Crippen LogP) is 2.44. The summed E-state index contributed by atoms with van der Waals surface area (Å²) >= 11 is 0. The van der Waals surface area contributed by atoms with E-state index in [1.807, 2.05) is 6.92 Å². The lowest BCUT2D eigenvalue weighted by atomic mass is 9.97. The molecule has 2 aromatic rings. The molecule has 1 saturated heterocycles. The molecule has 0 radical (unpaired) electrons. The number of amides is 1. The van der Waals surface area contributed by atoms with Crippen LogP contribution in [0.2, 0.25) is 0 Å². The zero-order chi connectivity index (χ0) is 19.4. The van der Waals surface area contributed by atoms with Crippen molar-refractivity contribution in [2.45, 2.75) is 19.8 Å². The summed E-state index contributed by atoms with van der Waals surface area (Å²) < 4.78 is 25.0. The Morgan fingerprint density at radius 1 is 1.22 bits per heavy atom. The Morgan fingerprint density at radius 3 is 2.48 bits per heavy atom. The van der Waals surface area contributed by atoms with Gasteiger partial charge in [-0.2, -0.15) is 5.10 Å². The van der Waals surface area contributed by atoms with Crippen LogP contribution in [0.5, 0.6) is 5.75 Å². The van der Waals surface area contributed by atoms with Gasteiger partial charge in [-0.05, 0) is 44.0 Å². The summed E-state index contributed by atoms with van der Waals surface area (Å²) in [5.74, 6) is -0.634. The highest BCUT2D eigenvalue weighted by Gasteiger charge is 2.31. The minimum absolute atomic E-state index is 0.179. The van der Waals surface area contributed by atoms with Gasteiger partial charge in [-0.1, -0.05) is 0 Å². The van der Waals surface area contributed by atoms with Crippen molar-refractivity contribution >= 4 is 11.9 Å². The molecule has 1 aliphatic heterocycles. The lowest BCUT2D eigenvalue weighted by Crippen LogP contribution is -2.40. The van der Waals surface area contributed by atoms with E-state index in [0.717, 1.165) is 0 Å². The largest absolute Gasteiger partial charge is 0.490 e. The van der Waals surface area contributed by atoms with Crippen LogP contribution in [0.4, 0.5) is 4.39 Å². The molecule has 7 nitrogen and oxygen atoms in total. The van der Waals surface area contributed by atoms with E-state index in [1.165, 1.54) is 23.9 Å². The number of hydrogen-bond acceptors (Lipinski definition) is 5. The van der Waals surface area contributed by atoms with Crippen molar-refractivity contribution in [1.29, 1.82) is 0 Å². The first kappa shape index (κ1) is 18.9. The van der Waals surface area contributed by atoms with Gasteiger partial charge < -0.3 is 14.4 Å². The van der Waals surface area contributed by atoms with Crippen LogP contribution < -0.4 is 4.74 Å². The van der Waals surface area contributed by atoms with Crippen molar-refractivity contribution in [1.82, 2.24) is 14.7 Å². The lowest BCUT2D eigenvalue weighted by Gasteiger charge is -2.30. The van der Waals surface area contributed by atoms with Gasteiger partial charge in [-0.25, -0.2) is 9.07 Å². The summed E-state index contributed by atoms with van der Waals surface area (Å²) in [6.45, 7) is 3.12. The van der Waals surface area contributed by atoms with Gasteiger partial charge in [0.1, 0.15) is 5.82 Å². The minimum atomic E-state index is -0.347. The lowest BCUT2D eigenvalue weighted by molar-refractivity contribution is -0.146. The van der Waals surface area contributed by atoms with Gasteiger partial charge in [-0.3, -0.25) is 9.59 Å². The minimum Gasteiger partial charge on any atom is -0.490 e. The number of methoxy groups -OCH3 is 1. The van der Waals surface area contributed by atoms with E-state index in [0.29, 0.717) is 44.0 Å². The SMILES string of the molecule is CCOc1cn(-c2ccc(F)cc2)nc1C(=O)N1CCC(C(=O)OC)CC1. The van der Waals surface area contributed by atoms with E-state index >= 15 is 0 Å². The number of carbonyl (C=O) groups is 2. The third-order valence-corrected chi connectivity index (χ3v) is 4.59. The number of likely N-dealkylation sites (tertiary alicyclic amines) is 1. The van der Waals surface area contributed by atoms with Crippen molar-refractivity contribution in [3.63, 3.8) is 0 Å². The van der Waals surface area contributed by atoms with Crippen LogP contribution in [0.3, 0.4) is 0 Å². The molecule has 27 heavy (non-hydrogen) atoms. The number of benzene rings is 1. The quantitative estimate of drug-likeness (QED) is 0.751. The first-order valence-corrected chi connectivity index (χ1v) is 8.89. The van der Waals surface area contributed by atoms with Crippen LogP contribution in [-0.4, -0.2) is 53.4 Å². The normalized spacial score (nSPS) is 14.9. The molecule has 1 aromatic carbocycles. The average molecular weight is 375 g/mol. The number of ether oxygens (including phenoxy) is 2. The number of nitrogens with zero attached hydrogens (tertiary/aromatic N) is 3. The number of hydrogen-bond donors (Lipinski definition) is 0. The smallest absolute Gasteiger partial charge is 0.308 e. The van der Waals surface area contributed by atoms with Crippen LogP contribution in [0, 0.1) is 11.7 Å². The number of piperidine rings is 1. The Bertz CT molecular complexity index is 811. The fourth-order valence-electron chi connectivity index (χ4n) is 3.13. The molecule has 1 fully saturated rings. The monoisotopic (exact) mass is 375 g/mol. The van der Waals surface area contributed by atoms with Gasteiger partial charge in [-0.15, -0.1) is 0 Å². The number of aromatic nitrogens is 2. The Morgan fingerprint density at radius 2 is 1.89 bits per heavy atom. The van der Waals surface area contributed by atoms with Gasteiger partial charge in [0, 0.05) is 13.1 Å². The van der Waals surface area contributed by atoms with Gasteiger partial charge in [0.2, 0.25) is 0 Å². The second kappa shape index (κ2) is 8.20. The maximum atomic E-state index is 13.1. The molecule has 0 N–H and O–H groups in total. The zero-order valence-electron chi connectivity index (χ0n) is 15.4. The molecular formula is C19H22FN3O4. The Hall–Kier alpha value is -2.90. The molecule has 144 valence electrons.